The maximum Gasteiger partial charge on any atom is 0.117 e. The highest BCUT2D eigenvalue weighted by atomic mass is 35.5. The third-order valence-corrected chi connectivity index (χ3v) is 4.18. The maximum absolute atomic E-state index is 9.42. The summed E-state index contributed by atoms with van der Waals surface area (Å²) in [6, 6.07) is 0. The van der Waals surface area contributed by atoms with Gasteiger partial charge < -0.3 is 5.11 Å². The Labute approximate surface area is 105 Å². The van der Waals surface area contributed by atoms with Gasteiger partial charge in [0.25, 0.3) is 0 Å². The summed E-state index contributed by atoms with van der Waals surface area (Å²) >= 11 is 7.30. The average Bonchev–Trinajstić information content (AvgIpc) is 2.73. The largest absolute Gasteiger partial charge is 0.392 e. The molecule has 0 aromatic carbocycles. The number of aliphatic hydroxyl groups excluding tert-OH is 1. The van der Waals surface area contributed by atoms with Crippen LogP contribution >= 0.6 is 22.9 Å². The first-order valence-corrected chi connectivity index (χ1v) is 6.91. The number of nitrogens with zero attached hydrogens (tertiary/aromatic N) is 1. The zero-order valence-corrected chi connectivity index (χ0v) is 10.7. The summed E-state index contributed by atoms with van der Waals surface area (Å²) in [5.74, 6) is 0.543. The summed E-state index contributed by atoms with van der Waals surface area (Å²) in [5, 5.41) is 10.3. The molecule has 2 nitrogen and oxygen atoms in total. The van der Waals surface area contributed by atoms with Gasteiger partial charge in [-0.15, -0.1) is 11.3 Å². The van der Waals surface area contributed by atoms with Crippen molar-refractivity contribution in [1.29, 1.82) is 0 Å². The highest BCUT2D eigenvalue weighted by Gasteiger charge is 2.17. The molecule has 0 atom stereocenters. The van der Waals surface area contributed by atoms with Gasteiger partial charge in [-0.25, -0.2) is 4.98 Å². The smallest absolute Gasteiger partial charge is 0.117 e. The quantitative estimate of drug-likeness (QED) is 0.895. The molecule has 0 unspecified atom stereocenters. The van der Waals surface area contributed by atoms with Gasteiger partial charge in [-0.3, -0.25) is 0 Å². The van der Waals surface area contributed by atoms with E-state index >= 15 is 0 Å². The van der Waals surface area contributed by atoms with Crippen LogP contribution in [0.15, 0.2) is 11.8 Å². The molecule has 88 valence electrons. The lowest BCUT2D eigenvalue weighted by Gasteiger charge is -2.23. The molecule has 1 aromatic heterocycles. The van der Waals surface area contributed by atoms with Crippen molar-refractivity contribution in [3.63, 3.8) is 0 Å². The second-order valence-corrected chi connectivity index (χ2v) is 5.91. The Bertz CT molecular complexity index is 369. The molecule has 1 aliphatic carbocycles. The number of halogens is 1. The Balaban J connectivity index is 2.11. The highest BCUT2D eigenvalue weighted by molar-refractivity contribution is 7.16. The number of rotatable bonds is 3. The molecular formula is C12H16ClNOS. The molecule has 4 heteroatoms. The molecule has 2 rings (SSSR count). The number of aromatic nitrogens is 1. The SMILES string of the molecule is OC/C(=C/c1ncc(Cl)s1)C1CCCCC1. The Morgan fingerprint density at radius 1 is 1.50 bits per heavy atom. The van der Waals surface area contributed by atoms with Crippen LogP contribution in [0.2, 0.25) is 4.34 Å². The topological polar surface area (TPSA) is 33.1 Å². The first-order valence-electron chi connectivity index (χ1n) is 5.72. The molecule has 0 bridgehead atoms. The normalized spacial score (nSPS) is 19.0. The van der Waals surface area contributed by atoms with Crippen molar-refractivity contribution >= 4 is 29.0 Å². The van der Waals surface area contributed by atoms with E-state index in [-0.39, 0.29) is 6.61 Å². The fraction of sp³-hybridized carbons (Fsp3) is 0.583. The van der Waals surface area contributed by atoms with Gasteiger partial charge >= 0.3 is 0 Å². The van der Waals surface area contributed by atoms with Gasteiger partial charge in [0, 0.05) is 0 Å². The molecule has 1 aromatic rings. The minimum absolute atomic E-state index is 0.141. The van der Waals surface area contributed by atoms with Gasteiger partial charge in [0.05, 0.1) is 12.8 Å². The first kappa shape index (κ1) is 12.1. The Hall–Kier alpha value is -0.380. The molecular weight excluding hydrogens is 242 g/mol. The summed E-state index contributed by atoms with van der Waals surface area (Å²) in [7, 11) is 0. The van der Waals surface area contributed by atoms with Crippen LogP contribution in [0.1, 0.15) is 37.1 Å². The fourth-order valence-corrected chi connectivity index (χ4v) is 3.17. The monoisotopic (exact) mass is 257 g/mol. The lowest BCUT2D eigenvalue weighted by molar-refractivity contribution is 0.295. The summed E-state index contributed by atoms with van der Waals surface area (Å²) < 4.78 is 0.701. The van der Waals surface area contributed by atoms with Gasteiger partial charge in [0.2, 0.25) is 0 Å². The van der Waals surface area contributed by atoms with Crippen molar-refractivity contribution in [3.05, 3.63) is 21.1 Å². The van der Waals surface area contributed by atoms with E-state index in [0.29, 0.717) is 10.3 Å². The number of aliphatic hydroxyl groups is 1. The lowest BCUT2D eigenvalue weighted by Crippen LogP contribution is -2.11. The summed E-state index contributed by atoms with van der Waals surface area (Å²) in [6.07, 6.45) is 9.96. The predicted octanol–water partition coefficient (Wildman–Crippen LogP) is 3.75. The van der Waals surface area contributed by atoms with Crippen LogP contribution in [0.3, 0.4) is 0 Å². The minimum Gasteiger partial charge on any atom is -0.392 e. The average molecular weight is 258 g/mol. The van der Waals surface area contributed by atoms with Crippen LogP contribution in [-0.4, -0.2) is 16.7 Å². The zero-order valence-electron chi connectivity index (χ0n) is 9.16. The van der Waals surface area contributed by atoms with Crippen LogP contribution in [0.4, 0.5) is 0 Å². The molecule has 1 fully saturated rings. The number of hydrogen-bond acceptors (Lipinski definition) is 3. The van der Waals surface area contributed by atoms with E-state index in [4.69, 9.17) is 11.6 Å². The Kier molecular flexibility index (Phi) is 4.38. The predicted molar refractivity (Wildman–Crippen MR) is 68.8 cm³/mol. The van der Waals surface area contributed by atoms with Gasteiger partial charge in [-0.2, -0.15) is 0 Å². The molecule has 16 heavy (non-hydrogen) atoms. The summed E-state index contributed by atoms with van der Waals surface area (Å²) in [5.41, 5.74) is 1.12. The van der Waals surface area contributed by atoms with E-state index in [1.165, 1.54) is 43.4 Å². The molecule has 0 amide bonds. The highest BCUT2D eigenvalue weighted by Crippen LogP contribution is 2.31. The Morgan fingerprint density at radius 3 is 2.81 bits per heavy atom. The Morgan fingerprint density at radius 2 is 2.25 bits per heavy atom. The molecule has 0 aliphatic heterocycles. The van der Waals surface area contributed by atoms with Crippen LogP contribution in [0, 0.1) is 5.92 Å². The van der Waals surface area contributed by atoms with Crippen molar-refractivity contribution in [2.24, 2.45) is 5.92 Å². The summed E-state index contributed by atoms with van der Waals surface area (Å²) in [4.78, 5) is 4.20. The van der Waals surface area contributed by atoms with Gasteiger partial charge in [0.1, 0.15) is 9.34 Å². The van der Waals surface area contributed by atoms with E-state index in [2.05, 4.69) is 4.98 Å². The standard InChI is InChI=1S/C12H16ClNOS/c13-11-7-14-12(16-11)6-10(8-15)9-4-2-1-3-5-9/h6-7,9,15H,1-5,8H2/b10-6-. The second-order valence-electron chi connectivity index (χ2n) is 4.21. The molecule has 1 aliphatic rings. The number of thiazole rings is 1. The maximum atomic E-state index is 9.42. The molecule has 0 saturated heterocycles. The molecule has 1 saturated carbocycles. The van der Waals surface area contributed by atoms with Gasteiger partial charge in [-0.1, -0.05) is 30.9 Å². The zero-order chi connectivity index (χ0) is 11.4. The van der Waals surface area contributed by atoms with Crippen LogP contribution in [-0.2, 0) is 0 Å². The van der Waals surface area contributed by atoms with E-state index in [1.54, 1.807) is 6.20 Å². The van der Waals surface area contributed by atoms with E-state index in [0.717, 1.165) is 10.6 Å². The summed E-state index contributed by atoms with van der Waals surface area (Å²) in [6.45, 7) is 0.141. The fourth-order valence-electron chi connectivity index (χ4n) is 2.26. The molecule has 1 heterocycles. The van der Waals surface area contributed by atoms with Crippen molar-refractivity contribution in [3.8, 4) is 0 Å². The van der Waals surface area contributed by atoms with Crippen molar-refractivity contribution < 1.29 is 5.11 Å². The third-order valence-electron chi connectivity index (χ3n) is 3.12. The molecule has 0 radical (unpaired) electrons. The van der Waals surface area contributed by atoms with Gasteiger partial charge in [0.15, 0.2) is 0 Å². The van der Waals surface area contributed by atoms with Gasteiger partial charge in [-0.05, 0) is 30.4 Å². The first-order chi connectivity index (χ1) is 7.79. The third kappa shape index (κ3) is 3.06. The molecule has 1 N–H and O–H groups in total. The van der Waals surface area contributed by atoms with Crippen LogP contribution in [0.25, 0.3) is 6.08 Å². The number of hydrogen-bond donors (Lipinski definition) is 1. The van der Waals surface area contributed by atoms with Crippen molar-refractivity contribution in [1.82, 2.24) is 4.98 Å². The van der Waals surface area contributed by atoms with E-state index in [1.807, 2.05) is 6.08 Å². The van der Waals surface area contributed by atoms with Crippen LogP contribution < -0.4 is 0 Å². The van der Waals surface area contributed by atoms with E-state index < -0.39 is 0 Å². The van der Waals surface area contributed by atoms with Crippen molar-refractivity contribution in [2.45, 2.75) is 32.1 Å². The van der Waals surface area contributed by atoms with Crippen molar-refractivity contribution in [2.75, 3.05) is 6.61 Å². The molecule has 0 spiro atoms. The lowest BCUT2D eigenvalue weighted by atomic mass is 9.84. The second kappa shape index (κ2) is 5.80. The minimum atomic E-state index is 0.141. The van der Waals surface area contributed by atoms with Crippen LogP contribution in [0.5, 0.6) is 0 Å². The van der Waals surface area contributed by atoms with E-state index in [9.17, 15) is 5.11 Å².